The second-order valence-corrected chi connectivity index (χ2v) is 7.86. The van der Waals surface area contributed by atoms with E-state index in [2.05, 4.69) is 28.1 Å². The van der Waals surface area contributed by atoms with Gasteiger partial charge in [-0.15, -0.1) is 0 Å². The van der Waals surface area contributed by atoms with Crippen molar-refractivity contribution in [2.75, 3.05) is 37.6 Å². The Morgan fingerprint density at radius 2 is 1.96 bits per heavy atom. The van der Waals surface area contributed by atoms with Crippen molar-refractivity contribution in [3.63, 3.8) is 0 Å². The second kappa shape index (κ2) is 8.41. The highest BCUT2D eigenvalue weighted by Crippen LogP contribution is 2.31. The standard InChI is InChI=1S/C20H30ClN3O/c1-3-20(25)22-17-13-16(14-17)7-8-23-9-11-24(12-10-23)19-6-4-5-18(21)15(19)2/h4-6,16-17H,3,7-14H2,1-2H3,(H,22,25). The molecule has 25 heavy (non-hydrogen) atoms. The number of nitrogens with zero attached hydrogens (tertiary/aromatic N) is 2. The van der Waals surface area contributed by atoms with Gasteiger partial charge in [0.25, 0.3) is 0 Å². The molecule has 1 aliphatic carbocycles. The lowest BCUT2D eigenvalue weighted by molar-refractivity contribution is -0.122. The maximum Gasteiger partial charge on any atom is 0.219 e. The fourth-order valence-electron chi connectivity index (χ4n) is 3.94. The molecule has 1 heterocycles. The van der Waals surface area contributed by atoms with Crippen molar-refractivity contribution in [3.05, 3.63) is 28.8 Å². The molecule has 4 nitrogen and oxygen atoms in total. The molecule has 1 saturated heterocycles. The first-order chi connectivity index (χ1) is 12.1. The summed E-state index contributed by atoms with van der Waals surface area (Å²) in [5.41, 5.74) is 2.47. The van der Waals surface area contributed by atoms with Gasteiger partial charge in [-0.05, 0) is 56.3 Å². The lowest BCUT2D eigenvalue weighted by atomic mass is 9.78. The lowest BCUT2D eigenvalue weighted by Gasteiger charge is -2.40. The number of piperazine rings is 1. The predicted molar refractivity (Wildman–Crippen MR) is 104 cm³/mol. The van der Waals surface area contributed by atoms with Crippen LogP contribution in [-0.2, 0) is 4.79 Å². The zero-order valence-electron chi connectivity index (χ0n) is 15.4. The minimum atomic E-state index is 0.191. The summed E-state index contributed by atoms with van der Waals surface area (Å²) in [6.45, 7) is 9.58. The first-order valence-electron chi connectivity index (χ1n) is 9.58. The summed E-state index contributed by atoms with van der Waals surface area (Å²) in [4.78, 5) is 16.4. The Morgan fingerprint density at radius 1 is 1.24 bits per heavy atom. The number of hydrogen-bond donors (Lipinski definition) is 1. The number of carbonyl (C=O) groups excluding carboxylic acids is 1. The van der Waals surface area contributed by atoms with Crippen molar-refractivity contribution in [1.29, 1.82) is 0 Å². The third-order valence-electron chi connectivity index (χ3n) is 5.73. The van der Waals surface area contributed by atoms with Gasteiger partial charge < -0.3 is 10.2 Å². The number of halogens is 1. The van der Waals surface area contributed by atoms with E-state index in [1.165, 1.54) is 24.2 Å². The highest BCUT2D eigenvalue weighted by Gasteiger charge is 2.30. The number of anilines is 1. The molecule has 138 valence electrons. The van der Waals surface area contributed by atoms with Crippen LogP contribution in [-0.4, -0.2) is 49.6 Å². The van der Waals surface area contributed by atoms with E-state index in [-0.39, 0.29) is 5.91 Å². The van der Waals surface area contributed by atoms with E-state index in [1.54, 1.807) is 0 Å². The molecule has 1 aromatic rings. The maximum atomic E-state index is 11.4. The van der Waals surface area contributed by atoms with Crippen LogP contribution in [0.15, 0.2) is 18.2 Å². The number of nitrogens with one attached hydrogen (secondary N) is 1. The Hall–Kier alpha value is -1.26. The van der Waals surface area contributed by atoms with Gasteiger partial charge in [0.05, 0.1) is 0 Å². The van der Waals surface area contributed by atoms with Crippen molar-refractivity contribution in [2.24, 2.45) is 5.92 Å². The second-order valence-electron chi connectivity index (χ2n) is 7.46. The number of amides is 1. The van der Waals surface area contributed by atoms with Crippen LogP contribution < -0.4 is 10.2 Å². The van der Waals surface area contributed by atoms with Gasteiger partial charge in [0.2, 0.25) is 5.91 Å². The molecule has 0 unspecified atom stereocenters. The Labute approximate surface area is 156 Å². The van der Waals surface area contributed by atoms with Gasteiger partial charge in [0.1, 0.15) is 0 Å². The molecule has 0 atom stereocenters. The first-order valence-corrected chi connectivity index (χ1v) is 9.96. The van der Waals surface area contributed by atoms with E-state index in [4.69, 9.17) is 11.6 Å². The fraction of sp³-hybridized carbons (Fsp3) is 0.650. The Morgan fingerprint density at radius 3 is 2.64 bits per heavy atom. The van der Waals surface area contributed by atoms with Gasteiger partial charge in [0.15, 0.2) is 0 Å². The third kappa shape index (κ3) is 4.68. The lowest BCUT2D eigenvalue weighted by Crippen LogP contribution is -2.48. The van der Waals surface area contributed by atoms with Crippen LogP contribution in [0.4, 0.5) is 5.69 Å². The van der Waals surface area contributed by atoms with Crippen molar-refractivity contribution in [1.82, 2.24) is 10.2 Å². The number of hydrogen-bond acceptors (Lipinski definition) is 3. The van der Waals surface area contributed by atoms with Gasteiger partial charge in [0, 0.05) is 49.4 Å². The molecule has 5 heteroatoms. The summed E-state index contributed by atoms with van der Waals surface area (Å²) >= 11 is 6.26. The van der Waals surface area contributed by atoms with Crippen molar-refractivity contribution in [3.8, 4) is 0 Å². The highest BCUT2D eigenvalue weighted by molar-refractivity contribution is 6.31. The van der Waals surface area contributed by atoms with Crippen LogP contribution in [0.25, 0.3) is 0 Å². The average Bonchev–Trinajstić information content (AvgIpc) is 2.59. The zero-order valence-corrected chi connectivity index (χ0v) is 16.2. The molecule has 2 aliphatic rings. The summed E-state index contributed by atoms with van der Waals surface area (Å²) < 4.78 is 0. The topological polar surface area (TPSA) is 35.6 Å². The molecule has 1 N–H and O–H groups in total. The van der Waals surface area contributed by atoms with E-state index in [9.17, 15) is 4.79 Å². The zero-order chi connectivity index (χ0) is 17.8. The molecule has 0 bridgehead atoms. The monoisotopic (exact) mass is 363 g/mol. The Kier molecular flexibility index (Phi) is 6.24. The molecule has 3 rings (SSSR count). The van der Waals surface area contributed by atoms with E-state index in [0.29, 0.717) is 12.5 Å². The third-order valence-corrected chi connectivity index (χ3v) is 6.14. The van der Waals surface area contributed by atoms with Crippen molar-refractivity contribution in [2.45, 2.75) is 45.6 Å². The van der Waals surface area contributed by atoms with E-state index in [0.717, 1.165) is 50.0 Å². The summed E-state index contributed by atoms with van der Waals surface area (Å²) in [5, 5.41) is 3.95. The van der Waals surface area contributed by atoms with Crippen LogP contribution in [0.5, 0.6) is 0 Å². The Balaban J connectivity index is 1.36. The largest absolute Gasteiger partial charge is 0.369 e. The average molecular weight is 364 g/mol. The molecule has 1 saturated carbocycles. The van der Waals surface area contributed by atoms with Gasteiger partial charge >= 0.3 is 0 Å². The van der Waals surface area contributed by atoms with Gasteiger partial charge in [-0.1, -0.05) is 24.6 Å². The van der Waals surface area contributed by atoms with Gasteiger partial charge in [-0.25, -0.2) is 0 Å². The van der Waals surface area contributed by atoms with Crippen LogP contribution in [0.3, 0.4) is 0 Å². The summed E-state index contributed by atoms with van der Waals surface area (Å²) in [5.74, 6) is 0.978. The fourth-order valence-corrected chi connectivity index (χ4v) is 4.10. The quantitative estimate of drug-likeness (QED) is 0.840. The van der Waals surface area contributed by atoms with Crippen molar-refractivity contribution < 1.29 is 4.79 Å². The summed E-state index contributed by atoms with van der Waals surface area (Å²) in [6, 6.07) is 6.61. The normalized spacial score (nSPS) is 24.0. The minimum Gasteiger partial charge on any atom is -0.369 e. The predicted octanol–water partition coefficient (Wildman–Crippen LogP) is 3.47. The number of carbonyl (C=O) groups is 1. The molecule has 2 fully saturated rings. The molecular formula is C20H30ClN3O. The number of rotatable bonds is 6. The molecule has 1 aromatic carbocycles. The van der Waals surface area contributed by atoms with E-state index >= 15 is 0 Å². The van der Waals surface area contributed by atoms with Crippen molar-refractivity contribution >= 4 is 23.2 Å². The molecule has 0 spiro atoms. The van der Waals surface area contributed by atoms with E-state index < -0.39 is 0 Å². The molecular weight excluding hydrogens is 334 g/mol. The van der Waals surface area contributed by atoms with Crippen LogP contribution in [0.2, 0.25) is 5.02 Å². The number of benzene rings is 1. The van der Waals surface area contributed by atoms with Crippen LogP contribution in [0, 0.1) is 12.8 Å². The highest BCUT2D eigenvalue weighted by atomic mass is 35.5. The Bertz CT molecular complexity index is 593. The smallest absolute Gasteiger partial charge is 0.219 e. The molecule has 1 aliphatic heterocycles. The summed E-state index contributed by atoms with van der Waals surface area (Å²) in [7, 11) is 0. The molecule has 0 aromatic heterocycles. The van der Waals surface area contributed by atoms with Crippen LogP contribution in [0.1, 0.15) is 38.2 Å². The minimum absolute atomic E-state index is 0.191. The van der Waals surface area contributed by atoms with Crippen LogP contribution >= 0.6 is 11.6 Å². The maximum absolute atomic E-state index is 11.4. The summed E-state index contributed by atoms with van der Waals surface area (Å²) in [6.07, 6.45) is 4.17. The molecule has 0 radical (unpaired) electrons. The SMILES string of the molecule is CCC(=O)NC1CC(CCN2CCN(c3cccc(Cl)c3C)CC2)C1. The van der Waals surface area contributed by atoms with Gasteiger partial charge in [-0.2, -0.15) is 0 Å². The first kappa shape index (κ1) is 18.5. The van der Waals surface area contributed by atoms with Gasteiger partial charge in [-0.3, -0.25) is 9.69 Å². The van der Waals surface area contributed by atoms with E-state index in [1.807, 2.05) is 19.1 Å². The molecule has 1 amide bonds.